The molecule has 0 radical (unpaired) electrons. The molecule has 0 amide bonds. The molecule has 1 saturated heterocycles. The molecular formula is C13H26N2O2. The molecular weight excluding hydrogens is 216 g/mol. The summed E-state index contributed by atoms with van der Waals surface area (Å²) in [5, 5.41) is 3.41. The van der Waals surface area contributed by atoms with Gasteiger partial charge in [0.05, 0.1) is 13.5 Å². The van der Waals surface area contributed by atoms with Crippen molar-refractivity contribution in [1.82, 2.24) is 10.2 Å². The van der Waals surface area contributed by atoms with Crippen LogP contribution in [0.4, 0.5) is 0 Å². The molecule has 1 N–H and O–H groups in total. The highest BCUT2D eigenvalue weighted by Gasteiger charge is 2.43. The lowest BCUT2D eigenvalue weighted by atomic mass is 9.88. The fourth-order valence-electron chi connectivity index (χ4n) is 3.11. The molecule has 1 atom stereocenters. The fraction of sp³-hybridized carbons (Fsp3) is 0.923. The van der Waals surface area contributed by atoms with E-state index in [9.17, 15) is 4.79 Å². The van der Waals surface area contributed by atoms with Crippen molar-refractivity contribution < 1.29 is 9.53 Å². The van der Waals surface area contributed by atoms with E-state index >= 15 is 0 Å². The molecule has 0 aromatic rings. The number of nitrogens with zero attached hydrogens (tertiary/aromatic N) is 1. The molecule has 0 bridgehead atoms. The van der Waals surface area contributed by atoms with Crippen molar-refractivity contribution in [2.24, 2.45) is 0 Å². The zero-order valence-corrected chi connectivity index (χ0v) is 12.0. The number of ether oxygens (including phenoxy) is 1. The Morgan fingerprint density at radius 2 is 2.06 bits per heavy atom. The van der Waals surface area contributed by atoms with E-state index in [1.165, 1.54) is 7.11 Å². The number of piperazine rings is 1. The third-order valence-corrected chi connectivity index (χ3v) is 3.31. The number of methoxy groups -OCH3 is 1. The van der Waals surface area contributed by atoms with Crippen LogP contribution in [0.25, 0.3) is 0 Å². The van der Waals surface area contributed by atoms with Gasteiger partial charge in [0.25, 0.3) is 0 Å². The van der Waals surface area contributed by atoms with Crippen molar-refractivity contribution in [3.05, 3.63) is 0 Å². The fourth-order valence-corrected chi connectivity index (χ4v) is 3.11. The quantitative estimate of drug-likeness (QED) is 0.743. The van der Waals surface area contributed by atoms with Gasteiger partial charge in [-0.3, -0.25) is 9.69 Å². The lowest BCUT2D eigenvalue weighted by Gasteiger charge is -2.54. The number of carbonyl (C=O) groups excluding carboxylic acids is 1. The van der Waals surface area contributed by atoms with Crippen molar-refractivity contribution in [1.29, 1.82) is 0 Å². The van der Waals surface area contributed by atoms with E-state index in [-0.39, 0.29) is 23.1 Å². The standard InChI is InChI=1S/C13H26N2O2/c1-12(2,3)15-10(7-11(16)17-6)8-14-9-13(15,4)5/h10,14H,7-9H2,1-6H3. The lowest BCUT2D eigenvalue weighted by Crippen LogP contribution is -2.68. The summed E-state index contributed by atoms with van der Waals surface area (Å²) in [5.41, 5.74) is 0.0967. The summed E-state index contributed by atoms with van der Waals surface area (Å²) in [6.07, 6.45) is 0.449. The van der Waals surface area contributed by atoms with Gasteiger partial charge in [0, 0.05) is 30.2 Å². The van der Waals surface area contributed by atoms with Crippen molar-refractivity contribution in [3.8, 4) is 0 Å². The second-order valence-electron chi connectivity index (χ2n) is 6.42. The molecule has 0 spiro atoms. The maximum absolute atomic E-state index is 11.5. The molecule has 0 saturated carbocycles. The van der Waals surface area contributed by atoms with Gasteiger partial charge in [0.2, 0.25) is 0 Å². The normalized spacial score (nSPS) is 25.6. The van der Waals surface area contributed by atoms with Gasteiger partial charge in [-0.25, -0.2) is 0 Å². The Hall–Kier alpha value is -0.610. The van der Waals surface area contributed by atoms with Gasteiger partial charge in [0.1, 0.15) is 0 Å². The highest BCUT2D eigenvalue weighted by molar-refractivity contribution is 5.70. The van der Waals surface area contributed by atoms with Crippen molar-refractivity contribution in [3.63, 3.8) is 0 Å². The average molecular weight is 242 g/mol. The van der Waals surface area contributed by atoms with Crippen LogP contribution in [0, 0.1) is 0 Å². The lowest BCUT2D eigenvalue weighted by molar-refractivity contribution is -0.144. The molecule has 1 fully saturated rings. The van der Waals surface area contributed by atoms with Crippen LogP contribution in [0.5, 0.6) is 0 Å². The van der Waals surface area contributed by atoms with Gasteiger partial charge in [-0.15, -0.1) is 0 Å². The summed E-state index contributed by atoms with van der Waals surface area (Å²) in [4.78, 5) is 13.9. The molecule has 1 aliphatic rings. The zero-order valence-electron chi connectivity index (χ0n) is 12.0. The molecule has 1 unspecified atom stereocenters. The Balaban J connectivity index is 2.89. The van der Waals surface area contributed by atoms with Crippen LogP contribution in [-0.4, -0.2) is 48.2 Å². The van der Waals surface area contributed by atoms with E-state index in [0.29, 0.717) is 6.42 Å². The van der Waals surface area contributed by atoms with Crippen LogP contribution < -0.4 is 5.32 Å². The van der Waals surface area contributed by atoms with E-state index in [1.54, 1.807) is 0 Å². The second kappa shape index (κ2) is 4.94. The van der Waals surface area contributed by atoms with Crippen LogP contribution in [0.3, 0.4) is 0 Å². The number of carbonyl (C=O) groups is 1. The second-order valence-corrected chi connectivity index (χ2v) is 6.42. The number of hydrogen-bond donors (Lipinski definition) is 1. The summed E-state index contributed by atoms with van der Waals surface area (Å²) < 4.78 is 4.79. The summed E-state index contributed by atoms with van der Waals surface area (Å²) in [7, 11) is 1.45. The topological polar surface area (TPSA) is 41.6 Å². The molecule has 4 nitrogen and oxygen atoms in total. The first-order valence-corrected chi connectivity index (χ1v) is 6.25. The van der Waals surface area contributed by atoms with E-state index in [1.807, 2.05) is 0 Å². The van der Waals surface area contributed by atoms with E-state index in [2.05, 4.69) is 44.8 Å². The minimum Gasteiger partial charge on any atom is -0.469 e. The molecule has 17 heavy (non-hydrogen) atoms. The number of rotatable bonds is 2. The Morgan fingerprint density at radius 3 is 2.53 bits per heavy atom. The van der Waals surface area contributed by atoms with E-state index in [4.69, 9.17) is 4.74 Å². The molecule has 100 valence electrons. The van der Waals surface area contributed by atoms with Gasteiger partial charge in [-0.1, -0.05) is 0 Å². The van der Waals surface area contributed by atoms with Crippen molar-refractivity contribution in [2.75, 3.05) is 20.2 Å². The Kier molecular flexibility index (Phi) is 4.20. The molecule has 1 heterocycles. The van der Waals surface area contributed by atoms with Crippen molar-refractivity contribution >= 4 is 5.97 Å². The molecule has 0 aromatic heterocycles. The molecule has 0 aromatic carbocycles. The van der Waals surface area contributed by atoms with Crippen LogP contribution in [0.15, 0.2) is 0 Å². The maximum atomic E-state index is 11.5. The van der Waals surface area contributed by atoms with Gasteiger partial charge < -0.3 is 10.1 Å². The summed E-state index contributed by atoms with van der Waals surface area (Å²) in [6.45, 7) is 12.8. The highest BCUT2D eigenvalue weighted by Crippen LogP contribution is 2.31. The first kappa shape index (κ1) is 14.5. The average Bonchev–Trinajstić information content (AvgIpc) is 2.13. The summed E-state index contributed by atoms with van der Waals surface area (Å²) >= 11 is 0. The third kappa shape index (κ3) is 3.42. The summed E-state index contributed by atoms with van der Waals surface area (Å²) in [6, 6.07) is 0.200. The van der Waals surface area contributed by atoms with E-state index in [0.717, 1.165) is 13.1 Å². The first-order valence-electron chi connectivity index (χ1n) is 6.25. The maximum Gasteiger partial charge on any atom is 0.307 e. The Labute approximate surface area is 105 Å². The Bertz CT molecular complexity index is 282. The van der Waals surface area contributed by atoms with Crippen LogP contribution in [0.1, 0.15) is 41.0 Å². The highest BCUT2D eigenvalue weighted by atomic mass is 16.5. The molecule has 1 aliphatic heterocycles. The van der Waals surface area contributed by atoms with Crippen molar-refractivity contribution in [2.45, 2.75) is 58.2 Å². The van der Waals surface area contributed by atoms with Crippen LogP contribution in [0.2, 0.25) is 0 Å². The van der Waals surface area contributed by atoms with Gasteiger partial charge >= 0.3 is 5.97 Å². The Morgan fingerprint density at radius 1 is 1.47 bits per heavy atom. The smallest absolute Gasteiger partial charge is 0.307 e. The van der Waals surface area contributed by atoms with Crippen LogP contribution in [-0.2, 0) is 9.53 Å². The van der Waals surface area contributed by atoms with Gasteiger partial charge in [-0.2, -0.15) is 0 Å². The first-order chi connectivity index (χ1) is 7.68. The van der Waals surface area contributed by atoms with Crippen LogP contribution >= 0.6 is 0 Å². The van der Waals surface area contributed by atoms with Gasteiger partial charge in [-0.05, 0) is 34.6 Å². The van der Waals surface area contributed by atoms with E-state index < -0.39 is 0 Å². The SMILES string of the molecule is COC(=O)CC1CNCC(C)(C)N1C(C)(C)C. The predicted molar refractivity (Wildman–Crippen MR) is 69.0 cm³/mol. The largest absolute Gasteiger partial charge is 0.469 e. The zero-order chi connectivity index (χ0) is 13.3. The molecule has 0 aliphatic carbocycles. The molecule has 4 heteroatoms. The number of esters is 1. The minimum absolute atomic E-state index is 0.0459. The number of hydrogen-bond acceptors (Lipinski definition) is 4. The minimum atomic E-state index is -0.135. The monoisotopic (exact) mass is 242 g/mol. The predicted octanol–water partition coefficient (Wildman–Crippen LogP) is 1.40. The molecule has 1 rings (SSSR count). The summed E-state index contributed by atoms with van der Waals surface area (Å²) in [5.74, 6) is -0.135. The number of nitrogens with one attached hydrogen (secondary N) is 1. The third-order valence-electron chi connectivity index (χ3n) is 3.31. The van der Waals surface area contributed by atoms with Gasteiger partial charge in [0.15, 0.2) is 0 Å².